The smallest absolute Gasteiger partial charge is 0.345 e. The van der Waals surface area contributed by atoms with Crippen LogP contribution in [0.15, 0.2) is 47.3 Å². The molecule has 0 aliphatic carbocycles. The van der Waals surface area contributed by atoms with E-state index in [2.05, 4.69) is 13.8 Å². The number of aromatic nitrogens is 1. The van der Waals surface area contributed by atoms with Gasteiger partial charge in [0.1, 0.15) is 5.56 Å². The highest BCUT2D eigenvalue weighted by Gasteiger charge is 2.30. The maximum atomic E-state index is 13.8. The minimum Gasteiger partial charge on any atom is -0.462 e. The zero-order valence-electron chi connectivity index (χ0n) is 21.3. The van der Waals surface area contributed by atoms with Crippen molar-refractivity contribution < 1.29 is 14.3 Å². The van der Waals surface area contributed by atoms with Crippen molar-refractivity contribution in [3.8, 4) is 0 Å². The molecule has 9 heteroatoms. The summed E-state index contributed by atoms with van der Waals surface area (Å²) in [4.78, 5) is 43.7. The molecule has 1 saturated heterocycles. The first-order valence-corrected chi connectivity index (χ1v) is 13.3. The van der Waals surface area contributed by atoms with Gasteiger partial charge in [-0.15, -0.1) is 0 Å². The van der Waals surface area contributed by atoms with E-state index in [-0.39, 0.29) is 23.6 Å². The van der Waals surface area contributed by atoms with Gasteiger partial charge in [-0.1, -0.05) is 37.0 Å². The molecule has 0 saturated carbocycles. The van der Waals surface area contributed by atoms with E-state index >= 15 is 0 Å². The Bertz CT molecular complexity index is 1360. The molecule has 0 radical (unpaired) electrons. The molecule has 2 heterocycles. The van der Waals surface area contributed by atoms with Gasteiger partial charge in [0, 0.05) is 53.7 Å². The lowest BCUT2D eigenvalue weighted by molar-refractivity contribution is 0.0523. The van der Waals surface area contributed by atoms with E-state index < -0.39 is 5.97 Å². The van der Waals surface area contributed by atoms with Gasteiger partial charge in [-0.3, -0.25) is 9.59 Å². The standard InChI is InChI=1S/C28H31Cl2N3O4/c1-4-37-28(36)24-25(22-17-21(30)9-10-23(22)33(27(24)35)12-11-18(2)3)31-13-15-32(16-14-31)26(34)19-5-7-20(29)8-6-19/h5-10,17-18H,4,11-16H2,1-3H3. The van der Waals surface area contributed by atoms with Crippen LogP contribution in [0.3, 0.4) is 0 Å². The van der Waals surface area contributed by atoms with Crippen LogP contribution < -0.4 is 10.5 Å². The Labute approximate surface area is 226 Å². The summed E-state index contributed by atoms with van der Waals surface area (Å²) in [5.74, 6) is -0.354. The van der Waals surface area contributed by atoms with Crippen molar-refractivity contribution in [3.63, 3.8) is 0 Å². The maximum Gasteiger partial charge on any atom is 0.345 e. The van der Waals surface area contributed by atoms with E-state index in [1.54, 1.807) is 52.8 Å². The predicted octanol–water partition coefficient (Wildman–Crippen LogP) is 5.49. The van der Waals surface area contributed by atoms with E-state index in [0.29, 0.717) is 59.9 Å². The second-order valence-electron chi connectivity index (χ2n) is 9.53. The van der Waals surface area contributed by atoms with E-state index in [4.69, 9.17) is 27.9 Å². The van der Waals surface area contributed by atoms with E-state index in [1.165, 1.54) is 0 Å². The van der Waals surface area contributed by atoms with Crippen molar-refractivity contribution in [3.05, 3.63) is 74.0 Å². The molecule has 0 bridgehead atoms. The number of ether oxygens (including phenoxy) is 1. The molecule has 2 aromatic carbocycles. The quantitative estimate of drug-likeness (QED) is 0.368. The number of anilines is 1. The van der Waals surface area contributed by atoms with Gasteiger partial charge in [0.15, 0.2) is 0 Å². The van der Waals surface area contributed by atoms with Crippen LogP contribution in [0.25, 0.3) is 10.9 Å². The Morgan fingerprint density at radius 2 is 1.62 bits per heavy atom. The molecule has 37 heavy (non-hydrogen) atoms. The molecule has 1 amide bonds. The third-order valence-electron chi connectivity index (χ3n) is 6.58. The van der Waals surface area contributed by atoms with E-state index in [1.807, 2.05) is 11.0 Å². The van der Waals surface area contributed by atoms with Gasteiger partial charge >= 0.3 is 5.97 Å². The topological polar surface area (TPSA) is 71.8 Å². The number of esters is 1. The summed E-state index contributed by atoms with van der Waals surface area (Å²) < 4.78 is 6.99. The number of carbonyl (C=O) groups excluding carboxylic acids is 2. The molecule has 0 spiro atoms. The highest BCUT2D eigenvalue weighted by atomic mass is 35.5. The fourth-order valence-corrected chi connectivity index (χ4v) is 4.94. The fraction of sp³-hybridized carbons (Fsp3) is 0.393. The summed E-state index contributed by atoms with van der Waals surface area (Å²) >= 11 is 12.4. The monoisotopic (exact) mass is 543 g/mol. The van der Waals surface area contributed by atoms with Crippen LogP contribution in [-0.2, 0) is 11.3 Å². The van der Waals surface area contributed by atoms with Crippen molar-refractivity contribution in [2.24, 2.45) is 5.92 Å². The summed E-state index contributed by atoms with van der Waals surface area (Å²) in [6.07, 6.45) is 0.782. The number of nitrogens with zero attached hydrogens (tertiary/aromatic N) is 3. The second kappa shape index (κ2) is 11.6. The van der Waals surface area contributed by atoms with Crippen LogP contribution in [0.2, 0.25) is 10.0 Å². The van der Waals surface area contributed by atoms with Gasteiger partial charge in [-0.05, 0) is 61.7 Å². The molecule has 3 aromatic rings. The van der Waals surface area contributed by atoms with Crippen LogP contribution in [0.1, 0.15) is 47.9 Å². The zero-order chi connectivity index (χ0) is 26.7. The lowest BCUT2D eigenvalue weighted by Gasteiger charge is -2.37. The largest absolute Gasteiger partial charge is 0.462 e. The van der Waals surface area contributed by atoms with Crippen molar-refractivity contribution in [1.29, 1.82) is 0 Å². The first kappa shape index (κ1) is 27.0. The number of hydrogen-bond donors (Lipinski definition) is 0. The molecule has 4 rings (SSSR count). The predicted molar refractivity (Wildman–Crippen MR) is 148 cm³/mol. The molecule has 1 aliphatic heterocycles. The maximum absolute atomic E-state index is 13.8. The number of benzene rings is 2. The third-order valence-corrected chi connectivity index (χ3v) is 7.07. The van der Waals surface area contributed by atoms with Gasteiger partial charge in [0.25, 0.3) is 11.5 Å². The number of amides is 1. The lowest BCUT2D eigenvalue weighted by Crippen LogP contribution is -2.49. The number of halogens is 2. The summed E-state index contributed by atoms with van der Waals surface area (Å²) in [6, 6.07) is 12.2. The number of carbonyl (C=O) groups is 2. The van der Waals surface area contributed by atoms with Crippen LogP contribution in [0.5, 0.6) is 0 Å². The SMILES string of the molecule is CCOC(=O)c1c(N2CCN(C(=O)c3ccc(Cl)cc3)CC2)c2cc(Cl)ccc2n(CCC(C)C)c1=O. The number of pyridine rings is 1. The molecule has 1 fully saturated rings. The minimum atomic E-state index is -0.651. The van der Waals surface area contributed by atoms with Gasteiger partial charge in [-0.2, -0.15) is 0 Å². The molecule has 1 aromatic heterocycles. The molecular weight excluding hydrogens is 513 g/mol. The summed E-state index contributed by atoms with van der Waals surface area (Å²) in [7, 11) is 0. The number of piperazine rings is 1. The highest BCUT2D eigenvalue weighted by molar-refractivity contribution is 6.31. The fourth-order valence-electron chi connectivity index (χ4n) is 4.65. The summed E-state index contributed by atoms with van der Waals surface area (Å²) in [6.45, 7) is 8.29. The average molecular weight is 544 g/mol. The van der Waals surface area contributed by atoms with Crippen LogP contribution in [0, 0.1) is 5.92 Å². The Morgan fingerprint density at radius 3 is 2.24 bits per heavy atom. The Morgan fingerprint density at radius 1 is 0.973 bits per heavy atom. The Hall–Kier alpha value is -3.03. The number of fused-ring (bicyclic) bond motifs is 1. The first-order chi connectivity index (χ1) is 17.7. The Balaban J connectivity index is 1.75. The normalized spacial score (nSPS) is 13.9. The van der Waals surface area contributed by atoms with Crippen LogP contribution in [0.4, 0.5) is 5.69 Å². The lowest BCUT2D eigenvalue weighted by atomic mass is 10.0. The van der Waals surface area contributed by atoms with Crippen molar-refractivity contribution in [2.75, 3.05) is 37.7 Å². The molecule has 196 valence electrons. The average Bonchev–Trinajstić information content (AvgIpc) is 2.88. The van der Waals surface area contributed by atoms with Gasteiger partial charge in [0.05, 0.1) is 17.8 Å². The molecular formula is C28H31Cl2N3O4. The van der Waals surface area contributed by atoms with Crippen molar-refractivity contribution in [1.82, 2.24) is 9.47 Å². The molecule has 0 atom stereocenters. The third kappa shape index (κ3) is 5.78. The van der Waals surface area contributed by atoms with Gasteiger partial charge in [-0.25, -0.2) is 4.79 Å². The molecule has 1 aliphatic rings. The van der Waals surface area contributed by atoms with Crippen LogP contribution >= 0.6 is 23.2 Å². The van der Waals surface area contributed by atoms with E-state index in [0.717, 1.165) is 17.3 Å². The van der Waals surface area contributed by atoms with Crippen molar-refractivity contribution in [2.45, 2.75) is 33.7 Å². The molecule has 0 N–H and O–H groups in total. The number of aryl methyl sites for hydroxylation is 1. The van der Waals surface area contributed by atoms with E-state index in [9.17, 15) is 14.4 Å². The highest BCUT2D eigenvalue weighted by Crippen LogP contribution is 2.33. The second-order valence-corrected chi connectivity index (χ2v) is 10.4. The summed E-state index contributed by atoms with van der Waals surface area (Å²) in [5, 5.41) is 1.80. The zero-order valence-corrected chi connectivity index (χ0v) is 22.8. The first-order valence-electron chi connectivity index (χ1n) is 12.5. The van der Waals surface area contributed by atoms with Crippen molar-refractivity contribution >= 4 is 51.7 Å². The van der Waals surface area contributed by atoms with Crippen LogP contribution in [-0.4, -0.2) is 54.1 Å². The Kier molecular flexibility index (Phi) is 8.45. The van der Waals surface area contributed by atoms with Gasteiger partial charge < -0.3 is 19.1 Å². The number of rotatable bonds is 7. The van der Waals surface area contributed by atoms with Gasteiger partial charge in [0.2, 0.25) is 0 Å². The minimum absolute atomic E-state index is 0.0119. The molecule has 7 nitrogen and oxygen atoms in total. The number of hydrogen-bond acceptors (Lipinski definition) is 5. The summed E-state index contributed by atoms with van der Waals surface area (Å²) in [5.41, 5.74) is 1.44. The molecule has 0 unspecified atom stereocenters.